The molecular formula is C13H17BrN2O3S. The second-order valence-corrected chi connectivity index (χ2v) is 7.81. The SMILES string of the molecule is Cc1cc(S(=O)(=O)N2CCC[C@@H](C(N)=O)C2)ccc1Br. The third-order valence-electron chi connectivity index (χ3n) is 3.55. The van der Waals surface area contributed by atoms with E-state index in [2.05, 4.69) is 15.9 Å². The molecule has 1 heterocycles. The van der Waals surface area contributed by atoms with Crippen molar-refractivity contribution in [2.45, 2.75) is 24.7 Å². The smallest absolute Gasteiger partial charge is 0.243 e. The predicted octanol–water partition coefficient (Wildman–Crippen LogP) is 1.64. The number of nitrogens with zero attached hydrogens (tertiary/aromatic N) is 1. The standard InChI is InChI=1S/C13H17BrN2O3S/c1-9-7-11(4-5-12(9)14)20(18,19)16-6-2-3-10(8-16)13(15)17/h4-5,7,10H,2-3,6,8H2,1H3,(H2,15,17)/t10-/m1/s1. The van der Waals surface area contributed by atoms with Gasteiger partial charge in [0.25, 0.3) is 0 Å². The number of carbonyl (C=O) groups excluding carboxylic acids is 1. The van der Waals surface area contributed by atoms with Gasteiger partial charge >= 0.3 is 0 Å². The lowest BCUT2D eigenvalue weighted by Crippen LogP contribution is -2.44. The van der Waals surface area contributed by atoms with E-state index in [-0.39, 0.29) is 11.4 Å². The Balaban J connectivity index is 2.29. The van der Waals surface area contributed by atoms with Crippen LogP contribution in [0.5, 0.6) is 0 Å². The number of piperidine rings is 1. The monoisotopic (exact) mass is 360 g/mol. The summed E-state index contributed by atoms with van der Waals surface area (Å²) in [6.45, 7) is 2.44. The van der Waals surface area contributed by atoms with Gasteiger partial charge in [0.15, 0.2) is 0 Å². The average molecular weight is 361 g/mol. The van der Waals surface area contributed by atoms with Crippen LogP contribution in [-0.2, 0) is 14.8 Å². The topological polar surface area (TPSA) is 80.5 Å². The fourth-order valence-electron chi connectivity index (χ4n) is 2.32. The van der Waals surface area contributed by atoms with E-state index in [4.69, 9.17) is 5.73 Å². The maximum Gasteiger partial charge on any atom is 0.243 e. The van der Waals surface area contributed by atoms with Gasteiger partial charge in [0, 0.05) is 17.6 Å². The molecule has 0 radical (unpaired) electrons. The molecule has 7 heteroatoms. The molecule has 1 aromatic carbocycles. The van der Waals surface area contributed by atoms with Gasteiger partial charge < -0.3 is 5.73 Å². The van der Waals surface area contributed by atoms with Crippen LogP contribution in [0.2, 0.25) is 0 Å². The van der Waals surface area contributed by atoms with Gasteiger partial charge in [0.2, 0.25) is 15.9 Å². The van der Waals surface area contributed by atoms with Crippen molar-refractivity contribution in [2.24, 2.45) is 11.7 Å². The zero-order valence-electron chi connectivity index (χ0n) is 11.2. The number of hydrogen-bond donors (Lipinski definition) is 1. The van der Waals surface area contributed by atoms with Crippen LogP contribution in [0.25, 0.3) is 0 Å². The number of primary amides is 1. The van der Waals surface area contributed by atoms with E-state index in [0.29, 0.717) is 19.4 Å². The molecule has 1 atom stereocenters. The van der Waals surface area contributed by atoms with Gasteiger partial charge in [-0.2, -0.15) is 4.31 Å². The quantitative estimate of drug-likeness (QED) is 0.889. The van der Waals surface area contributed by atoms with E-state index >= 15 is 0 Å². The van der Waals surface area contributed by atoms with Crippen LogP contribution in [0.1, 0.15) is 18.4 Å². The first-order valence-corrected chi connectivity index (χ1v) is 8.61. The van der Waals surface area contributed by atoms with Crippen LogP contribution >= 0.6 is 15.9 Å². The van der Waals surface area contributed by atoms with E-state index in [1.54, 1.807) is 18.2 Å². The molecule has 1 aliphatic heterocycles. The number of halogens is 1. The molecule has 0 aromatic heterocycles. The van der Waals surface area contributed by atoms with E-state index in [1.807, 2.05) is 6.92 Å². The lowest BCUT2D eigenvalue weighted by atomic mass is 9.99. The molecule has 0 spiro atoms. The van der Waals surface area contributed by atoms with Crippen molar-refractivity contribution in [3.8, 4) is 0 Å². The number of rotatable bonds is 3. The highest BCUT2D eigenvalue weighted by Crippen LogP contribution is 2.26. The van der Waals surface area contributed by atoms with Gasteiger partial charge in [0.1, 0.15) is 0 Å². The summed E-state index contributed by atoms with van der Waals surface area (Å²) in [4.78, 5) is 11.5. The third kappa shape index (κ3) is 3.05. The van der Waals surface area contributed by atoms with E-state index in [1.165, 1.54) is 4.31 Å². The lowest BCUT2D eigenvalue weighted by Gasteiger charge is -2.30. The van der Waals surface area contributed by atoms with E-state index in [9.17, 15) is 13.2 Å². The predicted molar refractivity (Wildman–Crippen MR) is 79.6 cm³/mol. The summed E-state index contributed by atoms with van der Waals surface area (Å²) >= 11 is 3.35. The largest absolute Gasteiger partial charge is 0.369 e. The highest BCUT2D eigenvalue weighted by molar-refractivity contribution is 9.10. The first kappa shape index (κ1) is 15.5. The fraction of sp³-hybridized carbons (Fsp3) is 0.462. The second kappa shape index (κ2) is 5.83. The highest BCUT2D eigenvalue weighted by atomic mass is 79.9. The molecule has 2 N–H and O–H groups in total. The van der Waals surface area contributed by atoms with Gasteiger partial charge in [-0.1, -0.05) is 15.9 Å². The summed E-state index contributed by atoms with van der Waals surface area (Å²) in [5.74, 6) is -0.827. The summed E-state index contributed by atoms with van der Waals surface area (Å²) in [7, 11) is -3.56. The molecule has 1 amide bonds. The minimum Gasteiger partial charge on any atom is -0.369 e. The summed E-state index contributed by atoms with van der Waals surface area (Å²) in [5, 5.41) is 0. The molecule has 0 aliphatic carbocycles. The van der Waals surface area contributed by atoms with E-state index in [0.717, 1.165) is 10.0 Å². The molecule has 1 aromatic rings. The summed E-state index contributed by atoms with van der Waals surface area (Å²) in [6, 6.07) is 4.92. The van der Waals surface area contributed by atoms with Gasteiger partial charge in [-0.05, 0) is 43.5 Å². The van der Waals surface area contributed by atoms with Crippen LogP contribution in [-0.4, -0.2) is 31.7 Å². The Labute approximate surface area is 127 Å². The van der Waals surface area contributed by atoms with Crippen molar-refractivity contribution in [1.82, 2.24) is 4.31 Å². The zero-order valence-corrected chi connectivity index (χ0v) is 13.6. The van der Waals surface area contributed by atoms with Crippen LogP contribution in [0.15, 0.2) is 27.6 Å². The molecule has 20 heavy (non-hydrogen) atoms. The van der Waals surface area contributed by atoms with Crippen molar-refractivity contribution in [2.75, 3.05) is 13.1 Å². The van der Waals surface area contributed by atoms with E-state index < -0.39 is 21.8 Å². The minimum absolute atomic E-state index is 0.173. The molecule has 1 fully saturated rings. The fourth-order valence-corrected chi connectivity index (χ4v) is 4.18. The number of carbonyl (C=O) groups is 1. The summed E-state index contributed by atoms with van der Waals surface area (Å²) in [5.41, 5.74) is 6.14. The number of aryl methyl sites for hydroxylation is 1. The Bertz CT molecular complexity index is 631. The second-order valence-electron chi connectivity index (χ2n) is 5.02. The lowest BCUT2D eigenvalue weighted by molar-refractivity contribution is -0.122. The van der Waals surface area contributed by atoms with Crippen molar-refractivity contribution >= 4 is 31.9 Å². The first-order valence-electron chi connectivity index (χ1n) is 6.38. The molecule has 2 rings (SSSR count). The maximum absolute atomic E-state index is 12.6. The zero-order chi connectivity index (χ0) is 14.9. The molecule has 0 unspecified atom stereocenters. The van der Waals surface area contributed by atoms with Gasteiger partial charge in [-0.25, -0.2) is 8.42 Å². The molecule has 0 saturated carbocycles. The van der Waals surface area contributed by atoms with Crippen LogP contribution in [0.4, 0.5) is 0 Å². The van der Waals surface area contributed by atoms with Gasteiger partial charge in [-0.3, -0.25) is 4.79 Å². The summed E-state index contributed by atoms with van der Waals surface area (Å²) in [6.07, 6.45) is 1.31. The Kier molecular flexibility index (Phi) is 4.51. The van der Waals surface area contributed by atoms with Gasteiger partial charge in [0.05, 0.1) is 10.8 Å². The Morgan fingerprint density at radius 1 is 1.45 bits per heavy atom. The summed E-state index contributed by atoms with van der Waals surface area (Å²) < 4.78 is 27.4. The first-order chi connectivity index (χ1) is 9.32. The Hall–Kier alpha value is -0.920. The molecule has 0 bridgehead atoms. The number of benzene rings is 1. The molecule has 5 nitrogen and oxygen atoms in total. The van der Waals surface area contributed by atoms with Crippen LogP contribution < -0.4 is 5.73 Å². The number of sulfonamides is 1. The minimum atomic E-state index is -3.56. The Morgan fingerprint density at radius 3 is 2.75 bits per heavy atom. The molecular weight excluding hydrogens is 344 g/mol. The molecule has 1 saturated heterocycles. The normalized spacial score (nSPS) is 20.8. The Morgan fingerprint density at radius 2 is 2.15 bits per heavy atom. The van der Waals surface area contributed by atoms with Crippen LogP contribution in [0, 0.1) is 12.8 Å². The van der Waals surface area contributed by atoms with Crippen molar-refractivity contribution in [1.29, 1.82) is 0 Å². The maximum atomic E-state index is 12.6. The molecule has 1 aliphatic rings. The van der Waals surface area contributed by atoms with Crippen molar-refractivity contribution in [3.05, 3.63) is 28.2 Å². The third-order valence-corrected chi connectivity index (χ3v) is 6.30. The number of nitrogens with two attached hydrogens (primary N) is 1. The van der Waals surface area contributed by atoms with Crippen molar-refractivity contribution in [3.63, 3.8) is 0 Å². The molecule has 110 valence electrons. The number of amides is 1. The number of hydrogen-bond acceptors (Lipinski definition) is 3. The average Bonchev–Trinajstić information content (AvgIpc) is 2.42. The van der Waals surface area contributed by atoms with Crippen LogP contribution in [0.3, 0.4) is 0 Å². The van der Waals surface area contributed by atoms with Gasteiger partial charge in [-0.15, -0.1) is 0 Å². The van der Waals surface area contributed by atoms with Crippen molar-refractivity contribution < 1.29 is 13.2 Å². The highest BCUT2D eigenvalue weighted by Gasteiger charge is 2.32.